The zero-order valence-electron chi connectivity index (χ0n) is 15.4. The van der Waals surface area contributed by atoms with Crippen molar-refractivity contribution in [3.8, 4) is 0 Å². The van der Waals surface area contributed by atoms with Crippen molar-refractivity contribution in [1.29, 1.82) is 0 Å². The standard InChI is InChI=1S/C20H24F2N4/c1-20(2,3)26-12-9-19-23-18(8-11-25(19)26)24-10-4-5-17(24)15-13-14(21)6-7-16(15)22/h6-9,11,13,17H,4-5,10,12H2,1-3H3/t17-/m1/s1. The maximum atomic E-state index is 14.3. The Labute approximate surface area is 153 Å². The summed E-state index contributed by atoms with van der Waals surface area (Å²) in [6.07, 6.45) is 7.82. The molecule has 0 saturated carbocycles. The summed E-state index contributed by atoms with van der Waals surface area (Å²) in [7, 11) is 0. The summed E-state index contributed by atoms with van der Waals surface area (Å²) in [5, 5.41) is 4.31. The van der Waals surface area contributed by atoms with Crippen LogP contribution in [0.5, 0.6) is 0 Å². The third-order valence-corrected chi connectivity index (χ3v) is 5.17. The predicted octanol–water partition coefficient (Wildman–Crippen LogP) is 4.20. The van der Waals surface area contributed by atoms with E-state index in [0.29, 0.717) is 5.56 Å². The molecule has 0 radical (unpaired) electrons. The smallest absolute Gasteiger partial charge is 0.146 e. The highest BCUT2D eigenvalue weighted by Gasteiger charge is 2.35. The largest absolute Gasteiger partial charge is 0.349 e. The third-order valence-electron chi connectivity index (χ3n) is 5.17. The molecule has 3 aliphatic heterocycles. The summed E-state index contributed by atoms with van der Waals surface area (Å²) >= 11 is 0. The van der Waals surface area contributed by atoms with E-state index in [-0.39, 0.29) is 17.4 Å². The average Bonchev–Trinajstić information content (AvgIpc) is 3.22. The first-order chi connectivity index (χ1) is 12.3. The molecular weight excluding hydrogens is 334 g/mol. The first-order valence-corrected chi connectivity index (χ1v) is 9.10. The lowest BCUT2D eigenvalue weighted by Crippen LogP contribution is -2.47. The summed E-state index contributed by atoms with van der Waals surface area (Å²) in [6, 6.07) is 3.51. The Morgan fingerprint density at radius 2 is 2.00 bits per heavy atom. The van der Waals surface area contributed by atoms with Crippen LogP contribution in [-0.4, -0.2) is 39.4 Å². The molecular formula is C20H24F2N4. The number of hydrogen-bond acceptors (Lipinski definition) is 4. The lowest BCUT2D eigenvalue weighted by molar-refractivity contribution is -0.00320. The van der Waals surface area contributed by atoms with E-state index in [1.54, 1.807) is 0 Å². The monoisotopic (exact) mass is 358 g/mol. The summed E-state index contributed by atoms with van der Waals surface area (Å²) in [5.74, 6) is 0.946. The van der Waals surface area contributed by atoms with Crippen LogP contribution in [0.15, 0.2) is 47.4 Å². The molecule has 0 amide bonds. The van der Waals surface area contributed by atoms with Crippen molar-refractivity contribution in [3.05, 3.63) is 59.6 Å². The third kappa shape index (κ3) is 2.92. The van der Waals surface area contributed by atoms with Crippen molar-refractivity contribution in [3.63, 3.8) is 0 Å². The molecule has 6 heteroatoms. The van der Waals surface area contributed by atoms with Crippen LogP contribution in [0.25, 0.3) is 0 Å². The van der Waals surface area contributed by atoms with Crippen molar-refractivity contribution < 1.29 is 8.78 Å². The Balaban J connectivity index is 1.61. The maximum absolute atomic E-state index is 14.3. The molecule has 0 aliphatic carbocycles. The van der Waals surface area contributed by atoms with Gasteiger partial charge >= 0.3 is 0 Å². The van der Waals surface area contributed by atoms with Gasteiger partial charge in [-0.25, -0.2) is 18.8 Å². The van der Waals surface area contributed by atoms with Crippen molar-refractivity contribution >= 4 is 5.84 Å². The van der Waals surface area contributed by atoms with E-state index in [9.17, 15) is 8.78 Å². The van der Waals surface area contributed by atoms with Crippen LogP contribution in [0.1, 0.15) is 45.2 Å². The minimum atomic E-state index is -0.403. The molecule has 0 spiro atoms. The van der Waals surface area contributed by atoms with Gasteiger partial charge in [0.25, 0.3) is 0 Å². The van der Waals surface area contributed by atoms with Crippen LogP contribution >= 0.6 is 0 Å². The van der Waals surface area contributed by atoms with Crippen LogP contribution in [-0.2, 0) is 0 Å². The number of aliphatic imine (C=N–C) groups is 1. The molecule has 1 aromatic carbocycles. The fourth-order valence-electron chi connectivity index (χ4n) is 3.91. The lowest BCUT2D eigenvalue weighted by Gasteiger charge is -2.40. The van der Waals surface area contributed by atoms with E-state index in [4.69, 9.17) is 4.99 Å². The van der Waals surface area contributed by atoms with Gasteiger partial charge in [0.2, 0.25) is 0 Å². The molecule has 3 heterocycles. The van der Waals surface area contributed by atoms with Gasteiger partial charge in [0, 0.05) is 30.4 Å². The first-order valence-electron chi connectivity index (χ1n) is 9.10. The Bertz CT molecular complexity index is 807. The quantitative estimate of drug-likeness (QED) is 0.751. The number of nitrogens with zero attached hydrogens (tertiary/aromatic N) is 4. The zero-order chi connectivity index (χ0) is 18.5. The molecule has 4 rings (SSSR count). The van der Waals surface area contributed by atoms with Crippen LogP contribution in [0.3, 0.4) is 0 Å². The molecule has 0 aromatic heterocycles. The maximum Gasteiger partial charge on any atom is 0.146 e. The van der Waals surface area contributed by atoms with Crippen LogP contribution in [0, 0.1) is 11.6 Å². The molecule has 3 aliphatic rings. The Hall–Kier alpha value is -2.21. The van der Waals surface area contributed by atoms with Crippen LogP contribution in [0.2, 0.25) is 0 Å². The number of rotatable bonds is 1. The summed E-state index contributed by atoms with van der Waals surface area (Å²) in [5.41, 5.74) is 0.411. The van der Waals surface area contributed by atoms with Crippen molar-refractivity contribution in [2.24, 2.45) is 4.99 Å². The number of benzene rings is 1. The fourth-order valence-corrected chi connectivity index (χ4v) is 3.91. The molecule has 1 aromatic rings. The highest BCUT2D eigenvalue weighted by molar-refractivity contribution is 5.95. The van der Waals surface area contributed by atoms with E-state index >= 15 is 0 Å². The molecule has 1 atom stereocenters. The molecule has 0 bridgehead atoms. The minimum Gasteiger partial charge on any atom is -0.349 e. The second-order valence-electron chi connectivity index (χ2n) is 7.96. The molecule has 0 N–H and O–H groups in total. The van der Waals surface area contributed by atoms with Crippen LogP contribution in [0.4, 0.5) is 8.78 Å². The minimum absolute atomic E-state index is 0.00349. The van der Waals surface area contributed by atoms with E-state index in [1.807, 2.05) is 12.3 Å². The molecule has 26 heavy (non-hydrogen) atoms. The summed E-state index contributed by atoms with van der Waals surface area (Å²) in [6.45, 7) is 8.10. The summed E-state index contributed by atoms with van der Waals surface area (Å²) < 4.78 is 27.9. The van der Waals surface area contributed by atoms with E-state index in [1.165, 1.54) is 18.2 Å². The molecule has 1 saturated heterocycles. The molecule has 4 nitrogen and oxygen atoms in total. The van der Waals surface area contributed by atoms with E-state index in [2.05, 4.69) is 41.8 Å². The van der Waals surface area contributed by atoms with Gasteiger partial charge in [0.1, 0.15) is 23.3 Å². The van der Waals surface area contributed by atoms with E-state index in [0.717, 1.165) is 37.6 Å². The van der Waals surface area contributed by atoms with Gasteiger partial charge in [0.05, 0.1) is 6.04 Å². The number of amidine groups is 1. The van der Waals surface area contributed by atoms with Gasteiger partial charge in [-0.3, -0.25) is 5.01 Å². The molecule has 1 fully saturated rings. The highest BCUT2D eigenvalue weighted by atomic mass is 19.1. The first kappa shape index (κ1) is 17.2. The number of hydrogen-bond donors (Lipinski definition) is 0. The number of fused-ring (bicyclic) bond motifs is 1. The van der Waals surface area contributed by atoms with Gasteiger partial charge in [-0.1, -0.05) is 0 Å². The SMILES string of the molecule is CC(C)(C)N1CC=C2N=C(N3CCC[C@@H]3c3cc(F)ccc3F)C=CN21. The fraction of sp³-hybridized carbons (Fsp3) is 0.450. The molecule has 138 valence electrons. The number of hydrazine groups is 1. The van der Waals surface area contributed by atoms with Gasteiger partial charge in [-0.2, -0.15) is 0 Å². The van der Waals surface area contributed by atoms with Crippen molar-refractivity contribution in [1.82, 2.24) is 14.9 Å². The second kappa shape index (κ2) is 6.20. The summed E-state index contributed by atoms with van der Waals surface area (Å²) in [4.78, 5) is 6.89. The highest BCUT2D eigenvalue weighted by Crippen LogP contribution is 2.36. The van der Waals surface area contributed by atoms with Crippen LogP contribution < -0.4 is 0 Å². The topological polar surface area (TPSA) is 22.1 Å². The Morgan fingerprint density at radius 3 is 2.77 bits per heavy atom. The van der Waals surface area contributed by atoms with Gasteiger partial charge in [0.15, 0.2) is 0 Å². The van der Waals surface area contributed by atoms with Crippen molar-refractivity contribution in [2.75, 3.05) is 13.1 Å². The normalized spacial score (nSPS) is 23.3. The Kier molecular flexibility index (Phi) is 4.10. The van der Waals surface area contributed by atoms with E-state index < -0.39 is 5.82 Å². The average molecular weight is 358 g/mol. The lowest BCUT2D eigenvalue weighted by atomic mass is 10.0. The van der Waals surface area contributed by atoms with Crippen molar-refractivity contribution in [2.45, 2.75) is 45.2 Å². The second-order valence-corrected chi connectivity index (χ2v) is 7.96. The predicted molar refractivity (Wildman–Crippen MR) is 98.0 cm³/mol. The Morgan fingerprint density at radius 1 is 1.19 bits per heavy atom. The number of likely N-dealkylation sites (tertiary alicyclic amines) is 1. The molecule has 0 unspecified atom stereocenters. The number of halogens is 2. The van der Waals surface area contributed by atoms with Gasteiger partial charge < -0.3 is 4.90 Å². The van der Waals surface area contributed by atoms with Gasteiger partial charge in [-0.05, 0) is 64.0 Å². The zero-order valence-corrected chi connectivity index (χ0v) is 15.4. The van der Waals surface area contributed by atoms with Gasteiger partial charge in [-0.15, -0.1) is 0 Å².